The van der Waals surface area contributed by atoms with Crippen molar-refractivity contribution >= 4 is 35.0 Å². The smallest absolute Gasteiger partial charge is 0.198 e. The molecule has 0 unspecified atom stereocenters. The average molecular weight is 643 g/mol. The molecule has 0 radical (unpaired) electrons. The first-order valence-electron chi connectivity index (χ1n) is 13.7. The molecule has 0 bridgehead atoms. The van der Waals surface area contributed by atoms with E-state index in [-0.39, 0.29) is 31.7 Å². The summed E-state index contributed by atoms with van der Waals surface area (Å²) < 4.78 is 42.2. The molecule has 216 valence electrons. The third kappa shape index (κ3) is 6.11. The highest BCUT2D eigenvalue weighted by Gasteiger charge is 2.48. The lowest BCUT2D eigenvalue weighted by Gasteiger charge is -2.20. The molecule has 6 rings (SSSR count). The SMILES string of the molecule is C[Si](C)(C)CCOCn1c(O[C@@H]2CO[C@H]3[C@@H]2OC[C@H]3O)cc2nc(-c3ccc(-c4ccc(Br)cn4)cc3)c(F)cc21. The molecule has 0 amide bonds. The van der Waals surface area contributed by atoms with Gasteiger partial charge >= 0.3 is 0 Å². The van der Waals surface area contributed by atoms with Crippen LogP contribution in [-0.4, -0.2) is 72.0 Å². The summed E-state index contributed by atoms with van der Waals surface area (Å²) >= 11 is 3.41. The van der Waals surface area contributed by atoms with E-state index in [1.165, 1.54) is 6.07 Å². The first kappa shape index (κ1) is 28.4. The molecule has 0 saturated carbocycles. The summed E-state index contributed by atoms with van der Waals surface area (Å²) in [6.07, 6.45) is -0.122. The van der Waals surface area contributed by atoms with Gasteiger partial charge in [-0.3, -0.25) is 9.55 Å². The van der Waals surface area contributed by atoms with Crippen molar-refractivity contribution < 1.29 is 28.4 Å². The number of rotatable bonds is 9. The maximum atomic E-state index is 15.6. The maximum Gasteiger partial charge on any atom is 0.198 e. The molecule has 1 aromatic carbocycles. The van der Waals surface area contributed by atoms with Crippen LogP contribution in [0.15, 0.2) is 59.2 Å². The number of benzene rings is 1. The Bertz CT molecular complexity index is 1530. The number of hydrogen-bond donors (Lipinski definition) is 1. The van der Waals surface area contributed by atoms with E-state index in [0.717, 1.165) is 21.8 Å². The van der Waals surface area contributed by atoms with E-state index in [0.29, 0.717) is 29.1 Å². The van der Waals surface area contributed by atoms with E-state index in [1.807, 2.05) is 36.4 Å². The second-order valence-electron chi connectivity index (χ2n) is 11.7. The Hall–Kier alpha value is -2.67. The summed E-state index contributed by atoms with van der Waals surface area (Å²) in [7, 11) is -1.28. The summed E-state index contributed by atoms with van der Waals surface area (Å²) in [5.74, 6) is 0.0551. The summed E-state index contributed by atoms with van der Waals surface area (Å²) in [5, 5.41) is 10.1. The van der Waals surface area contributed by atoms with E-state index in [2.05, 4.69) is 40.6 Å². The molecule has 4 atom stereocenters. The normalized spacial score (nSPS) is 22.4. The molecule has 3 aromatic heterocycles. The molecule has 5 heterocycles. The van der Waals surface area contributed by atoms with Crippen LogP contribution in [0.1, 0.15) is 0 Å². The van der Waals surface area contributed by atoms with E-state index < -0.39 is 32.2 Å². The maximum absolute atomic E-state index is 15.6. The van der Waals surface area contributed by atoms with Crippen LogP contribution in [0.4, 0.5) is 4.39 Å². The van der Waals surface area contributed by atoms with Gasteiger partial charge in [0.05, 0.1) is 29.9 Å². The summed E-state index contributed by atoms with van der Waals surface area (Å²) in [6, 6.07) is 15.7. The number of pyridine rings is 2. The highest BCUT2D eigenvalue weighted by molar-refractivity contribution is 9.10. The number of hydrogen-bond acceptors (Lipinski definition) is 7. The van der Waals surface area contributed by atoms with E-state index in [9.17, 15) is 5.11 Å². The molecular formula is C30H33BrFN3O5Si. The van der Waals surface area contributed by atoms with Crippen LogP contribution in [0.25, 0.3) is 33.5 Å². The predicted molar refractivity (Wildman–Crippen MR) is 160 cm³/mol. The minimum absolute atomic E-state index is 0.198. The van der Waals surface area contributed by atoms with Gasteiger partial charge in [-0.05, 0) is 34.1 Å². The van der Waals surface area contributed by atoms with Crippen molar-refractivity contribution in [3.63, 3.8) is 0 Å². The fourth-order valence-corrected chi connectivity index (χ4v) is 6.13. The first-order chi connectivity index (χ1) is 19.7. The zero-order valence-electron chi connectivity index (χ0n) is 23.2. The van der Waals surface area contributed by atoms with Crippen LogP contribution >= 0.6 is 15.9 Å². The Kier molecular flexibility index (Phi) is 8.01. The number of halogens is 2. The fraction of sp³-hybridized carbons (Fsp3) is 0.400. The molecule has 2 fully saturated rings. The zero-order valence-corrected chi connectivity index (χ0v) is 25.8. The lowest BCUT2D eigenvalue weighted by atomic mass is 10.1. The predicted octanol–water partition coefficient (Wildman–Crippen LogP) is 5.89. The van der Waals surface area contributed by atoms with Gasteiger partial charge < -0.3 is 24.1 Å². The van der Waals surface area contributed by atoms with Crippen LogP contribution in [0, 0.1) is 5.82 Å². The largest absolute Gasteiger partial charge is 0.470 e. The van der Waals surface area contributed by atoms with Crippen molar-refractivity contribution in [3.8, 4) is 28.4 Å². The monoisotopic (exact) mass is 641 g/mol. The van der Waals surface area contributed by atoms with E-state index in [4.69, 9.17) is 23.9 Å². The van der Waals surface area contributed by atoms with Crippen molar-refractivity contribution in [2.75, 3.05) is 19.8 Å². The quantitative estimate of drug-likeness (QED) is 0.180. The average Bonchev–Trinajstić information content (AvgIpc) is 3.61. The summed E-state index contributed by atoms with van der Waals surface area (Å²) in [6.45, 7) is 8.20. The van der Waals surface area contributed by atoms with Crippen molar-refractivity contribution in [1.82, 2.24) is 14.5 Å². The molecule has 8 nitrogen and oxygen atoms in total. The van der Waals surface area contributed by atoms with Gasteiger partial charge in [-0.1, -0.05) is 43.9 Å². The molecule has 2 aliphatic heterocycles. The third-order valence-corrected chi connectivity index (χ3v) is 9.63. The van der Waals surface area contributed by atoms with Gasteiger partial charge in [-0.2, -0.15) is 0 Å². The molecule has 2 aliphatic rings. The molecule has 4 aromatic rings. The van der Waals surface area contributed by atoms with Gasteiger partial charge in [-0.15, -0.1) is 0 Å². The van der Waals surface area contributed by atoms with Crippen LogP contribution in [0.3, 0.4) is 0 Å². The second kappa shape index (κ2) is 11.5. The van der Waals surface area contributed by atoms with Crippen molar-refractivity contribution in [1.29, 1.82) is 0 Å². The van der Waals surface area contributed by atoms with E-state index >= 15 is 4.39 Å². The van der Waals surface area contributed by atoms with Gasteiger partial charge in [0.15, 0.2) is 17.8 Å². The topological polar surface area (TPSA) is 87.9 Å². The third-order valence-electron chi connectivity index (χ3n) is 7.45. The number of ether oxygens (including phenoxy) is 4. The summed E-state index contributed by atoms with van der Waals surface area (Å²) in [4.78, 5) is 9.15. The highest BCUT2D eigenvalue weighted by Crippen LogP contribution is 2.34. The molecule has 11 heteroatoms. The number of aliphatic hydroxyl groups is 1. The lowest BCUT2D eigenvalue weighted by molar-refractivity contribution is 0.00479. The number of aromatic nitrogens is 3. The van der Waals surface area contributed by atoms with Gasteiger partial charge in [0.1, 0.15) is 30.7 Å². The Morgan fingerprint density at radius 3 is 2.54 bits per heavy atom. The molecule has 1 N–H and O–H groups in total. The van der Waals surface area contributed by atoms with Crippen molar-refractivity contribution in [2.45, 2.75) is 56.8 Å². The fourth-order valence-electron chi connectivity index (χ4n) is 5.14. The molecule has 0 aliphatic carbocycles. The molecule has 2 saturated heterocycles. The van der Waals surface area contributed by atoms with Crippen LogP contribution < -0.4 is 4.74 Å². The second-order valence-corrected chi connectivity index (χ2v) is 18.3. The Morgan fingerprint density at radius 2 is 1.80 bits per heavy atom. The van der Waals surface area contributed by atoms with Gasteiger partial charge in [-0.25, -0.2) is 9.37 Å². The Labute approximate surface area is 247 Å². The summed E-state index contributed by atoms with van der Waals surface area (Å²) in [5.41, 5.74) is 3.83. The van der Waals surface area contributed by atoms with Crippen LogP contribution in [0.2, 0.25) is 25.7 Å². The zero-order chi connectivity index (χ0) is 28.7. The van der Waals surface area contributed by atoms with Crippen molar-refractivity contribution in [3.05, 3.63) is 65.0 Å². The van der Waals surface area contributed by atoms with Crippen LogP contribution in [-0.2, 0) is 20.9 Å². The van der Waals surface area contributed by atoms with Crippen molar-refractivity contribution in [2.24, 2.45) is 0 Å². The Morgan fingerprint density at radius 1 is 1.05 bits per heavy atom. The Balaban J connectivity index is 1.30. The number of nitrogens with zero attached hydrogens (tertiary/aromatic N) is 3. The minimum Gasteiger partial charge on any atom is -0.470 e. The molecular weight excluding hydrogens is 609 g/mol. The molecule has 41 heavy (non-hydrogen) atoms. The van der Waals surface area contributed by atoms with Crippen LogP contribution in [0.5, 0.6) is 5.88 Å². The van der Waals surface area contributed by atoms with E-state index in [1.54, 1.807) is 16.8 Å². The lowest BCUT2D eigenvalue weighted by Crippen LogP contribution is -2.35. The minimum atomic E-state index is -1.28. The van der Waals surface area contributed by atoms with Gasteiger partial charge in [0, 0.05) is 48.6 Å². The first-order valence-corrected chi connectivity index (χ1v) is 18.2. The highest BCUT2D eigenvalue weighted by atomic mass is 79.9. The standard InChI is InChI=1S/C30H33BrFN3O5Si/c1-41(2,3)11-10-37-17-35-24-12-21(32)28(19-6-4-18(5-7-19)22-9-8-20(31)14-33-22)34-23(24)13-27(35)40-26-16-39-29-25(36)15-38-30(26)29/h4-9,12-14,25-26,29-30,36H,10-11,15-17H2,1-3H3/t25-,26-,29-,30-/m1/s1. The van der Waals surface area contributed by atoms with Gasteiger partial charge in [0.25, 0.3) is 0 Å². The van der Waals surface area contributed by atoms with Gasteiger partial charge in [0.2, 0.25) is 0 Å². The number of aliphatic hydroxyl groups excluding tert-OH is 1. The number of fused-ring (bicyclic) bond motifs is 2. The molecule has 0 spiro atoms.